The number of hydrogen-bond donors (Lipinski definition) is 0. The van der Waals surface area contributed by atoms with E-state index < -0.39 is 11.2 Å². The SMILES string of the molecule is CCOC(=O)C1Sc2ccc(I)cc2C1=O. The van der Waals surface area contributed by atoms with E-state index in [2.05, 4.69) is 22.6 Å². The first-order valence-electron chi connectivity index (χ1n) is 4.80. The van der Waals surface area contributed by atoms with Gasteiger partial charge in [0.2, 0.25) is 0 Å². The number of esters is 1. The molecule has 0 spiro atoms. The molecule has 1 aliphatic heterocycles. The minimum absolute atomic E-state index is 0.142. The van der Waals surface area contributed by atoms with Gasteiger partial charge in [-0.2, -0.15) is 0 Å². The van der Waals surface area contributed by atoms with E-state index >= 15 is 0 Å². The maximum atomic E-state index is 11.9. The van der Waals surface area contributed by atoms with Crippen LogP contribution in [0.3, 0.4) is 0 Å². The van der Waals surface area contributed by atoms with Gasteiger partial charge in [-0.1, -0.05) is 0 Å². The second kappa shape index (κ2) is 4.75. The van der Waals surface area contributed by atoms with Crippen LogP contribution in [0.1, 0.15) is 17.3 Å². The number of Topliss-reactive ketones (excluding diaryl/α,β-unsaturated/α-hetero) is 1. The predicted molar refractivity (Wildman–Crippen MR) is 69.8 cm³/mol. The van der Waals surface area contributed by atoms with Crippen molar-refractivity contribution in [3.63, 3.8) is 0 Å². The van der Waals surface area contributed by atoms with Crippen molar-refractivity contribution in [3.05, 3.63) is 27.3 Å². The molecule has 84 valence electrons. The molecule has 0 amide bonds. The highest BCUT2D eigenvalue weighted by molar-refractivity contribution is 14.1. The van der Waals surface area contributed by atoms with Gasteiger partial charge < -0.3 is 4.74 Å². The van der Waals surface area contributed by atoms with Crippen molar-refractivity contribution < 1.29 is 14.3 Å². The van der Waals surface area contributed by atoms with Crippen LogP contribution in [0.15, 0.2) is 23.1 Å². The molecule has 0 aromatic heterocycles. The number of fused-ring (bicyclic) bond motifs is 1. The molecule has 1 aliphatic rings. The Labute approximate surface area is 111 Å². The number of benzene rings is 1. The Hall–Kier alpha value is -0.560. The molecular formula is C11H9IO3S. The van der Waals surface area contributed by atoms with E-state index in [4.69, 9.17) is 4.74 Å². The van der Waals surface area contributed by atoms with Crippen LogP contribution in [0.2, 0.25) is 0 Å². The van der Waals surface area contributed by atoms with E-state index in [-0.39, 0.29) is 5.78 Å². The van der Waals surface area contributed by atoms with Crippen molar-refractivity contribution >= 4 is 46.1 Å². The standard InChI is InChI=1S/C11H9IO3S/c1-2-15-11(14)10-9(13)7-5-6(12)3-4-8(7)16-10/h3-5,10H,2H2,1H3. The molecule has 0 N–H and O–H groups in total. The molecule has 0 saturated heterocycles. The average molecular weight is 348 g/mol. The lowest BCUT2D eigenvalue weighted by atomic mass is 10.1. The number of ether oxygens (including phenoxy) is 1. The van der Waals surface area contributed by atoms with Crippen molar-refractivity contribution in [3.8, 4) is 0 Å². The lowest BCUT2D eigenvalue weighted by Gasteiger charge is -2.05. The Kier molecular flexibility index (Phi) is 3.53. The van der Waals surface area contributed by atoms with Crippen molar-refractivity contribution in [1.29, 1.82) is 0 Å². The number of halogens is 1. The molecule has 0 aliphatic carbocycles. The van der Waals surface area contributed by atoms with Crippen molar-refractivity contribution in [1.82, 2.24) is 0 Å². The number of hydrogen-bond acceptors (Lipinski definition) is 4. The fourth-order valence-electron chi connectivity index (χ4n) is 1.49. The molecule has 0 bridgehead atoms. The van der Waals surface area contributed by atoms with Gasteiger partial charge >= 0.3 is 5.97 Å². The number of ketones is 1. The molecule has 16 heavy (non-hydrogen) atoms. The van der Waals surface area contributed by atoms with Crippen LogP contribution in [-0.4, -0.2) is 23.6 Å². The second-order valence-corrected chi connectivity index (χ2v) is 5.65. The largest absolute Gasteiger partial charge is 0.465 e. The summed E-state index contributed by atoms with van der Waals surface area (Å²) in [5, 5.41) is -0.715. The fraction of sp³-hybridized carbons (Fsp3) is 0.273. The van der Waals surface area contributed by atoms with Gasteiger partial charge in [-0.05, 0) is 47.7 Å². The minimum Gasteiger partial charge on any atom is -0.465 e. The van der Waals surface area contributed by atoms with Crippen molar-refractivity contribution in [2.75, 3.05) is 6.61 Å². The highest BCUT2D eigenvalue weighted by Crippen LogP contribution is 2.38. The van der Waals surface area contributed by atoms with Crippen LogP contribution in [0.4, 0.5) is 0 Å². The van der Waals surface area contributed by atoms with Crippen molar-refractivity contribution in [2.45, 2.75) is 17.1 Å². The van der Waals surface area contributed by atoms with Gasteiger partial charge in [0.1, 0.15) is 0 Å². The molecule has 1 atom stereocenters. The van der Waals surface area contributed by atoms with E-state index in [1.54, 1.807) is 6.92 Å². The lowest BCUT2D eigenvalue weighted by Crippen LogP contribution is -2.25. The molecule has 3 nitrogen and oxygen atoms in total. The highest BCUT2D eigenvalue weighted by atomic mass is 127. The van der Waals surface area contributed by atoms with Crippen LogP contribution in [0, 0.1) is 3.57 Å². The average Bonchev–Trinajstić information content (AvgIpc) is 2.57. The summed E-state index contributed by atoms with van der Waals surface area (Å²) in [6.45, 7) is 2.04. The summed E-state index contributed by atoms with van der Waals surface area (Å²) in [5.74, 6) is -0.583. The quantitative estimate of drug-likeness (QED) is 0.468. The van der Waals surface area contributed by atoms with Gasteiger partial charge in [-0.3, -0.25) is 9.59 Å². The third-order valence-corrected chi connectivity index (χ3v) is 4.11. The fourth-order valence-corrected chi connectivity index (χ4v) is 3.07. The van der Waals surface area contributed by atoms with E-state index in [1.807, 2.05) is 18.2 Å². The molecule has 0 radical (unpaired) electrons. The number of carbonyl (C=O) groups is 2. The molecule has 1 heterocycles. The van der Waals surface area contributed by atoms with Crippen LogP contribution in [0.5, 0.6) is 0 Å². The molecule has 0 saturated carbocycles. The van der Waals surface area contributed by atoms with E-state index in [1.165, 1.54) is 11.8 Å². The normalized spacial score (nSPS) is 18.4. The van der Waals surface area contributed by atoms with E-state index in [0.29, 0.717) is 12.2 Å². The molecule has 2 rings (SSSR count). The predicted octanol–water partition coefficient (Wildman–Crippen LogP) is 2.51. The Morgan fingerprint density at radius 3 is 3.00 bits per heavy atom. The third kappa shape index (κ3) is 2.10. The van der Waals surface area contributed by atoms with Crippen LogP contribution in [-0.2, 0) is 9.53 Å². The smallest absolute Gasteiger partial charge is 0.327 e. The zero-order valence-corrected chi connectivity index (χ0v) is 11.5. The molecule has 1 aromatic rings. The first-order chi connectivity index (χ1) is 7.63. The monoisotopic (exact) mass is 348 g/mol. The Morgan fingerprint density at radius 2 is 2.31 bits per heavy atom. The van der Waals surface area contributed by atoms with Gasteiger partial charge in [0, 0.05) is 14.0 Å². The summed E-state index contributed by atoms with van der Waals surface area (Å²) in [4.78, 5) is 24.3. The lowest BCUT2D eigenvalue weighted by molar-refractivity contribution is -0.141. The van der Waals surface area contributed by atoms with Gasteiger partial charge in [-0.25, -0.2) is 0 Å². The van der Waals surface area contributed by atoms with Crippen LogP contribution >= 0.6 is 34.4 Å². The number of carbonyl (C=O) groups excluding carboxylic acids is 2. The van der Waals surface area contributed by atoms with E-state index in [9.17, 15) is 9.59 Å². The summed E-state index contributed by atoms with van der Waals surface area (Å²) in [6, 6.07) is 5.61. The molecule has 0 fully saturated rings. The number of rotatable bonds is 2. The van der Waals surface area contributed by atoms with Gasteiger partial charge in [0.15, 0.2) is 11.0 Å². The summed E-state index contributed by atoms with van der Waals surface area (Å²) < 4.78 is 5.87. The Bertz CT molecular complexity index is 459. The van der Waals surface area contributed by atoms with Gasteiger partial charge in [0.05, 0.1) is 6.61 Å². The first kappa shape index (κ1) is 11.9. The summed E-state index contributed by atoms with van der Waals surface area (Å²) >= 11 is 3.42. The van der Waals surface area contributed by atoms with Crippen molar-refractivity contribution in [2.24, 2.45) is 0 Å². The van der Waals surface area contributed by atoms with Crippen LogP contribution in [0.25, 0.3) is 0 Å². The summed E-state index contributed by atoms with van der Waals surface area (Å²) in [5.41, 5.74) is 0.634. The van der Waals surface area contributed by atoms with E-state index in [0.717, 1.165) is 8.47 Å². The summed E-state index contributed by atoms with van der Waals surface area (Å²) in [6.07, 6.45) is 0. The topological polar surface area (TPSA) is 43.4 Å². The van der Waals surface area contributed by atoms with Gasteiger partial charge in [-0.15, -0.1) is 11.8 Å². The molecular weight excluding hydrogens is 339 g/mol. The maximum absolute atomic E-state index is 11.9. The second-order valence-electron chi connectivity index (χ2n) is 3.25. The number of thioether (sulfide) groups is 1. The highest BCUT2D eigenvalue weighted by Gasteiger charge is 2.37. The molecule has 1 aromatic carbocycles. The Morgan fingerprint density at radius 1 is 1.56 bits per heavy atom. The van der Waals surface area contributed by atoms with Gasteiger partial charge in [0.25, 0.3) is 0 Å². The summed E-state index contributed by atoms with van der Waals surface area (Å²) in [7, 11) is 0. The zero-order valence-electron chi connectivity index (χ0n) is 8.53. The molecule has 1 unspecified atom stereocenters. The Balaban J connectivity index is 2.27. The molecule has 5 heteroatoms. The van der Waals surface area contributed by atoms with Crippen LogP contribution < -0.4 is 0 Å². The first-order valence-corrected chi connectivity index (χ1v) is 6.76. The third-order valence-electron chi connectivity index (χ3n) is 2.19. The zero-order chi connectivity index (χ0) is 11.7. The minimum atomic E-state index is -0.715. The maximum Gasteiger partial charge on any atom is 0.327 e.